The molecule has 1 atom stereocenters. The molecule has 1 unspecified atom stereocenters. The summed E-state index contributed by atoms with van der Waals surface area (Å²) < 4.78 is 51.4. The van der Waals surface area contributed by atoms with Gasteiger partial charge in [0, 0.05) is 12.1 Å². The molecule has 0 bridgehead atoms. The molecule has 2 aromatic carbocycles. The molecule has 0 aliphatic carbocycles. The van der Waals surface area contributed by atoms with E-state index in [9.17, 15) is 22.4 Å². The maximum atomic E-state index is 12.9. The zero-order valence-electron chi connectivity index (χ0n) is 14.6. The number of carbonyl (C=O) groups is 1. The van der Waals surface area contributed by atoms with E-state index in [1.807, 2.05) is 0 Å². The maximum Gasteiger partial charge on any atom is 0.416 e. The first-order chi connectivity index (χ1) is 13.2. The van der Waals surface area contributed by atoms with Gasteiger partial charge in [0.1, 0.15) is 11.9 Å². The second-order valence-electron chi connectivity index (χ2n) is 6.03. The number of alkyl halides is 3. The molecular formula is C18H15F4N5O. The van der Waals surface area contributed by atoms with E-state index < -0.39 is 23.7 Å². The number of carbonyl (C=O) groups excluding carboxylic acids is 1. The van der Waals surface area contributed by atoms with Crippen molar-refractivity contribution in [2.75, 3.05) is 0 Å². The molecule has 0 spiro atoms. The molecule has 0 saturated heterocycles. The normalized spacial score (nSPS) is 12.6. The van der Waals surface area contributed by atoms with Gasteiger partial charge in [0.2, 0.25) is 11.7 Å². The van der Waals surface area contributed by atoms with Gasteiger partial charge in [-0.3, -0.25) is 4.79 Å². The van der Waals surface area contributed by atoms with Crippen molar-refractivity contribution in [1.82, 2.24) is 25.5 Å². The van der Waals surface area contributed by atoms with E-state index >= 15 is 0 Å². The summed E-state index contributed by atoms with van der Waals surface area (Å²) in [6.07, 6.45) is -4.49. The van der Waals surface area contributed by atoms with Gasteiger partial charge in [-0.1, -0.05) is 24.3 Å². The Kier molecular flexibility index (Phi) is 5.39. The van der Waals surface area contributed by atoms with Gasteiger partial charge in [-0.15, -0.1) is 10.2 Å². The first-order valence-electron chi connectivity index (χ1n) is 8.23. The Morgan fingerprint density at radius 1 is 1.18 bits per heavy atom. The van der Waals surface area contributed by atoms with Crippen LogP contribution in [0.2, 0.25) is 0 Å². The fourth-order valence-corrected chi connectivity index (χ4v) is 2.38. The Bertz CT molecular complexity index is 969. The van der Waals surface area contributed by atoms with Gasteiger partial charge in [0.25, 0.3) is 0 Å². The molecule has 1 N–H and O–H groups in total. The predicted molar refractivity (Wildman–Crippen MR) is 91.2 cm³/mol. The number of nitrogens with zero attached hydrogens (tertiary/aromatic N) is 4. The number of halogens is 4. The van der Waals surface area contributed by atoms with E-state index in [2.05, 4.69) is 20.7 Å². The lowest BCUT2D eigenvalue weighted by molar-refractivity contribution is -0.137. The molecule has 0 aliphatic heterocycles. The first kappa shape index (κ1) is 19.5. The minimum absolute atomic E-state index is 0.0238. The number of hydrogen-bond donors (Lipinski definition) is 1. The molecule has 10 heteroatoms. The van der Waals surface area contributed by atoms with Gasteiger partial charge < -0.3 is 5.32 Å². The van der Waals surface area contributed by atoms with Gasteiger partial charge >= 0.3 is 6.18 Å². The predicted octanol–water partition coefficient (Wildman–Crippen LogP) is 3.38. The second-order valence-corrected chi connectivity index (χ2v) is 6.03. The Hall–Kier alpha value is -3.30. The van der Waals surface area contributed by atoms with Crippen LogP contribution in [0.1, 0.15) is 24.1 Å². The highest BCUT2D eigenvalue weighted by molar-refractivity contribution is 5.79. The van der Waals surface area contributed by atoms with Gasteiger partial charge in [-0.25, -0.2) is 4.39 Å². The highest BCUT2D eigenvalue weighted by Gasteiger charge is 2.31. The first-order valence-corrected chi connectivity index (χ1v) is 8.23. The summed E-state index contributed by atoms with van der Waals surface area (Å²) in [4.78, 5) is 13.3. The minimum atomic E-state index is -4.49. The molecule has 0 saturated carbocycles. The fraction of sp³-hybridized carbons (Fsp3) is 0.222. The smallest absolute Gasteiger partial charge is 0.350 e. The Balaban J connectivity index is 1.69. The van der Waals surface area contributed by atoms with Crippen molar-refractivity contribution in [2.24, 2.45) is 0 Å². The molecule has 1 heterocycles. The van der Waals surface area contributed by atoms with Gasteiger partial charge in [0.05, 0.1) is 5.56 Å². The second kappa shape index (κ2) is 7.75. The van der Waals surface area contributed by atoms with Crippen LogP contribution in [0.4, 0.5) is 17.6 Å². The van der Waals surface area contributed by atoms with Crippen LogP contribution in [0.3, 0.4) is 0 Å². The third-order valence-electron chi connectivity index (χ3n) is 3.98. The number of tetrazole rings is 1. The monoisotopic (exact) mass is 393 g/mol. The summed E-state index contributed by atoms with van der Waals surface area (Å²) in [5.41, 5.74) is 0.0181. The van der Waals surface area contributed by atoms with Crippen molar-refractivity contribution in [2.45, 2.75) is 25.7 Å². The third-order valence-corrected chi connectivity index (χ3v) is 3.98. The molecule has 6 nitrogen and oxygen atoms in total. The number of benzene rings is 2. The molecule has 1 aromatic heterocycles. The SMILES string of the molecule is CC(C(=O)NCc1ccc(F)cc1)n1nnc(-c2cccc(C(F)(F)F)c2)n1. The largest absolute Gasteiger partial charge is 0.416 e. The number of nitrogens with one attached hydrogen (secondary N) is 1. The lowest BCUT2D eigenvalue weighted by atomic mass is 10.1. The van der Waals surface area contributed by atoms with Crippen LogP contribution < -0.4 is 5.32 Å². The fourth-order valence-electron chi connectivity index (χ4n) is 2.38. The van der Waals surface area contributed by atoms with Gasteiger partial charge in [0.15, 0.2) is 0 Å². The molecule has 3 rings (SSSR count). The Morgan fingerprint density at radius 3 is 2.57 bits per heavy atom. The number of rotatable bonds is 5. The quantitative estimate of drug-likeness (QED) is 0.675. The van der Waals surface area contributed by atoms with Crippen molar-refractivity contribution < 1.29 is 22.4 Å². The van der Waals surface area contributed by atoms with Crippen LogP contribution >= 0.6 is 0 Å². The Labute approximate surface area is 157 Å². The molecular weight excluding hydrogens is 378 g/mol. The van der Waals surface area contributed by atoms with Crippen LogP contribution in [0.15, 0.2) is 48.5 Å². The van der Waals surface area contributed by atoms with Crippen molar-refractivity contribution in [3.05, 3.63) is 65.5 Å². The van der Waals surface area contributed by atoms with Crippen LogP contribution in [0.5, 0.6) is 0 Å². The van der Waals surface area contributed by atoms with Crippen molar-refractivity contribution in [1.29, 1.82) is 0 Å². The van der Waals surface area contributed by atoms with E-state index in [4.69, 9.17) is 0 Å². The summed E-state index contributed by atoms with van der Waals surface area (Å²) in [6, 6.07) is 9.34. The Morgan fingerprint density at radius 2 is 1.89 bits per heavy atom. The summed E-state index contributed by atoms with van der Waals surface area (Å²) in [7, 11) is 0. The van der Waals surface area contributed by atoms with Crippen LogP contribution in [-0.2, 0) is 17.5 Å². The zero-order chi connectivity index (χ0) is 20.3. The molecule has 0 radical (unpaired) electrons. The molecule has 3 aromatic rings. The van der Waals surface area contributed by atoms with E-state index in [-0.39, 0.29) is 23.7 Å². The van der Waals surface area contributed by atoms with Crippen molar-refractivity contribution >= 4 is 5.91 Å². The summed E-state index contributed by atoms with van der Waals surface area (Å²) in [6.45, 7) is 1.70. The molecule has 146 valence electrons. The van der Waals surface area contributed by atoms with E-state index in [0.717, 1.165) is 16.9 Å². The molecule has 1 amide bonds. The molecule has 0 aliphatic rings. The van der Waals surface area contributed by atoms with Crippen molar-refractivity contribution in [3.8, 4) is 11.4 Å². The standard InChI is InChI=1S/C18H15F4N5O/c1-11(17(28)23-10-12-5-7-15(19)8-6-12)27-25-16(24-26-27)13-3-2-4-14(9-13)18(20,21)22/h2-9,11H,10H2,1H3,(H,23,28). The highest BCUT2D eigenvalue weighted by atomic mass is 19.4. The third kappa shape index (κ3) is 4.51. The lowest BCUT2D eigenvalue weighted by Gasteiger charge is -2.11. The number of amides is 1. The molecule has 28 heavy (non-hydrogen) atoms. The number of aromatic nitrogens is 4. The summed E-state index contributed by atoms with van der Waals surface area (Å²) >= 11 is 0. The van der Waals surface area contributed by atoms with Gasteiger partial charge in [-0.2, -0.15) is 18.0 Å². The average Bonchev–Trinajstić information content (AvgIpc) is 3.16. The minimum Gasteiger partial charge on any atom is -0.350 e. The summed E-state index contributed by atoms with van der Waals surface area (Å²) in [5.74, 6) is -0.820. The van der Waals surface area contributed by atoms with E-state index in [0.29, 0.717) is 5.56 Å². The average molecular weight is 393 g/mol. The lowest BCUT2D eigenvalue weighted by Crippen LogP contribution is -2.31. The van der Waals surface area contributed by atoms with E-state index in [1.54, 1.807) is 12.1 Å². The van der Waals surface area contributed by atoms with Crippen molar-refractivity contribution in [3.63, 3.8) is 0 Å². The number of hydrogen-bond acceptors (Lipinski definition) is 4. The summed E-state index contributed by atoms with van der Waals surface area (Å²) in [5, 5.41) is 14.2. The maximum absolute atomic E-state index is 12.9. The van der Waals surface area contributed by atoms with E-state index in [1.165, 1.54) is 31.2 Å². The topological polar surface area (TPSA) is 72.7 Å². The van der Waals surface area contributed by atoms with Crippen LogP contribution in [0, 0.1) is 5.82 Å². The van der Waals surface area contributed by atoms with Crippen LogP contribution in [-0.4, -0.2) is 26.1 Å². The van der Waals surface area contributed by atoms with Crippen LogP contribution in [0.25, 0.3) is 11.4 Å². The zero-order valence-corrected chi connectivity index (χ0v) is 14.6. The molecule has 0 fully saturated rings. The van der Waals surface area contributed by atoms with Gasteiger partial charge in [-0.05, 0) is 42.0 Å². The highest BCUT2D eigenvalue weighted by Crippen LogP contribution is 2.31.